The highest BCUT2D eigenvalue weighted by Crippen LogP contribution is 2.29. The Bertz CT molecular complexity index is 408. The molecule has 2 amide bonds. The average Bonchev–Trinajstić information content (AvgIpc) is 3.04. The average molecular weight is 313 g/mol. The van der Waals surface area contributed by atoms with Crippen LogP contribution in [0.4, 0.5) is 0 Å². The molecule has 1 saturated carbocycles. The third kappa shape index (κ3) is 3.72. The third-order valence-corrected chi connectivity index (χ3v) is 5.39. The Morgan fingerprint density at radius 3 is 2.67 bits per heavy atom. The van der Waals surface area contributed by atoms with E-state index in [1.165, 1.54) is 0 Å². The molecule has 1 aliphatic carbocycles. The topological polar surface area (TPSA) is 75.4 Å². The van der Waals surface area contributed by atoms with Crippen molar-refractivity contribution < 1.29 is 9.59 Å². The summed E-state index contributed by atoms with van der Waals surface area (Å²) in [7, 11) is 0. The maximum atomic E-state index is 12.5. The lowest BCUT2D eigenvalue weighted by atomic mass is 9.94. The summed E-state index contributed by atoms with van der Waals surface area (Å²) in [5, 5.41) is 3.13. The van der Waals surface area contributed by atoms with Crippen LogP contribution >= 0.6 is 11.8 Å². The second kappa shape index (κ2) is 6.57. The molecule has 3 atom stereocenters. The molecule has 2 rings (SSSR count). The van der Waals surface area contributed by atoms with Gasteiger partial charge < -0.3 is 16.0 Å². The van der Waals surface area contributed by atoms with Gasteiger partial charge in [-0.2, -0.15) is 0 Å². The molecule has 3 N–H and O–H groups in total. The quantitative estimate of drug-likeness (QED) is 0.820. The summed E-state index contributed by atoms with van der Waals surface area (Å²) >= 11 is 1.65. The lowest BCUT2D eigenvalue weighted by Gasteiger charge is -2.30. The number of nitrogens with zero attached hydrogens (tertiary/aromatic N) is 1. The molecule has 0 bridgehead atoms. The van der Waals surface area contributed by atoms with E-state index in [0.717, 1.165) is 19.3 Å². The van der Waals surface area contributed by atoms with Crippen molar-refractivity contribution in [2.75, 3.05) is 18.2 Å². The van der Waals surface area contributed by atoms with Crippen molar-refractivity contribution in [2.24, 2.45) is 17.1 Å². The van der Waals surface area contributed by atoms with Crippen LogP contribution in [-0.4, -0.2) is 47.0 Å². The van der Waals surface area contributed by atoms with Gasteiger partial charge in [0, 0.05) is 17.2 Å². The molecule has 2 fully saturated rings. The molecule has 1 heterocycles. The van der Waals surface area contributed by atoms with Gasteiger partial charge >= 0.3 is 0 Å². The molecular weight excluding hydrogens is 286 g/mol. The number of amides is 2. The second-order valence-electron chi connectivity index (χ2n) is 7.08. The lowest BCUT2D eigenvalue weighted by molar-refractivity contribution is -0.144. The summed E-state index contributed by atoms with van der Waals surface area (Å²) in [6, 6.07) is -0.152. The maximum Gasteiger partial charge on any atom is 0.243 e. The number of hydrogen-bond donors (Lipinski definition) is 2. The number of carbonyl (C=O) groups excluding carboxylic acids is 2. The van der Waals surface area contributed by atoms with Crippen LogP contribution in [0.25, 0.3) is 0 Å². The molecule has 120 valence electrons. The van der Waals surface area contributed by atoms with Crippen molar-refractivity contribution >= 4 is 23.6 Å². The molecule has 0 aromatic rings. The van der Waals surface area contributed by atoms with E-state index < -0.39 is 5.41 Å². The van der Waals surface area contributed by atoms with Gasteiger partial charge in [-0.05, 0) is 25.3 Å². The Kier molecular flexibility index (Phi) is 5.20. The fourth-order valence-corrected chi connectivity index (χ4v) is 4.23. The lowest BCUT2D eigenvalue weighted by Crippen LogP contribution is -2.53. The summed E-state index contributed by atoms with van der Waals surface area (Å²) in [5.74, 6) is 1.72. The van der Waals surface area contributed by atoms with Crippen LogP contribution in [-0.2, 0) is 9.59 Å². The van der Waals surface area contributed by atoms with Gasteiger partial charge in [0.25, 0.3) is 0 Å². The van der Waals surface area contributed by atoms with E-state index in [0.29, 0.717) is 24.1 Å². The number of carbonyl (C=O) groups is 2. The van der Waals surface area contributed by atoms with Crippen molar-refractivity contribution in [3.05, 3.63) is 0 Å². The van der Waals surface area contributed by atoms with Gasteiger partial charge in [-0.15, -0.1) is 11.8 Å². The standard InChI is InChI=1S/C15H27N3O2S/c1-15(2,3)14(20)18-9-21-8-12(18)13(19)17-11-6-4-5-10(11)7-16/h10-12H,4-9,16H2,1-3H3,(H,17,19). The smallest absolute Gasteiger partial charge is 0.243 e. The van der Waals surface area contributed by atoms with Gasteiger partial charge in [0.1, 0.15) is 6.04 Å². The van der Waals surface area contributed by atoms with E-state index in [9.17, 15) is 9.59 Å². The Balaban J connectivity index is 1.99. The van der Waals surface area contributed by atoms with Crippen LogP contribution in [0.15, 0.2) is 0 Å². The molecule has 6 heteroatoms. The first kappa shape index (κ1) is 16.6. The summed E-state index contributed by atoms with van der Waals surface area (Å²) in [5.41, 5.74) is 5.32. The Morgan fingerprint density at radius 1 is 1.33 bits per heavy atom. The number of rotatable bonds is 3. The van der Waals surface area contributed by atoms with Crippen LogP contribution in [0.2, 0.25) is 0 Å². The molecule has 0 aromatic carbocycles. The monoisotopic (exact) mass is 313 g/mol. The first-order valence-corrected chi connectivity index (χ1v) is 8.89. The maximum absolute atomic E-state index is 12.5. The van der Waals surface area contributed by atoms with Crippen LogP contribution in [0.1, 0.15) is 40.0 Å². The van der Waals surface area contributed by atoms with Gasteiger partial charge in [0.2, 0.25) is 11.8 Å². The summed E-state index contributed by atoms with van der Waals surface area (Å²) in [6.07, 6.45) is 3.21. The second-order valence-corrected chi connectivity index (χ2v) is 8.08. The van der Waals surface area contributed by atoms with Crippen LogP contribution < -0.4 is 11.1 Å². The third-order valence-electron chi connectivity index (χ3n) is 4.38. The highest BCUT2D eigenvalue weighted by atomic mass is 32.2. The normalized spacial score (nSPS) is 29.7. The molecule has 1 aliphatic heterocycles. The van der Waals surface area contributed by atoms with Crippen LogP contribution in [0.3, 0.4) is 0 Å². The molecular formula is C15H27N3O2S. The van der Waals surface area contributed by atoms with E-state index in [2.05, 4.69) is 5.32 Å². The fourth-order valence-electron chi connectivity index (χ4n) is 3.08. The largest absolute Gasteiger partial charge is 0.351 e. The zero-order chi connectivity index (χ0) is 15.6. The molecule has 0 spiro atoms. The van der Waals surface area contributed by atoms with E-state index >= 15 is 0 Å². The first-order valence-electron chi connectivity index (χ1n) is 7.74. The van der Waals surface area contributed by atoms with Gasteiger partial charge in [0.05, 0.1) is 5.88 Å². The van der Waals surface area contributed by atoms with Gasteiger partial charge in [0.15, 0.2) is 0 Å². The molecule has 3 unspecified atom stereocenters. The van der Waals surface area contributed by atoms with Gasteiger partial charge in [-0.1, -0.05) is 27.2 Å². The van der Waals surface area contributed by atoms with Crippen molar-refractivity contribution in [2.45, 2.75) is 52.1 Å². The molecule has 1 saturated heterocycles. The van der Waals surface area contributed by atoms with Crippen LogP contribution in [0.5, 0.6) is 0 Å². The molecule has 5 nitrogen and oxygen atoms in total. The summed E-state index contributed by atoms with van der Waals surface area (Å²) in [6.45, 7) is 6.31. The van der Waals surface area contributed by atoms with Gasteiger partial charge in [-0.25, -0.2) is 0 Å². The predicted molar refractivity (Wildman–Crippen MR) is 85.7 cm³/mol. The van der Waals surface area contributed by atoms with Crippen molar-refractivity contribution in [1.82, 2.24) is 10.2 Å². The number of hydrogen-bond acceptors (Lipinski definition) is 4. The van der Waals surface area contributed by atoms with E-state index in [1.54, 1.807) is 16.7 Å². The molecule has 2 aliphatic rings. The highest BCUT2D eigenvalue weighted by Gasteiger charge is 2.40. The Labute approximate surface area is 131 Å². The van der Waals surface area contributed by atoms with E-state index in [-0.39, 0.29) is 23.9 Å². The minimum Gasteiger partial charge on any atom is -0.351 e. The van der Waals surface area contributed by atoms with Crippen molar-refractivity contribution in [3.8, 4) is 0 Å². The first-order chi connectivity index (χ1) is 9.84. The number of nitrogens with two attached hydrogens (primary N) is 1. The molecule has 21 heavy (non-hydrogen) atoms. The fraction of sp³-hybridized carbons (Fsp3) is 0.867. The summed E-state index contributed by atoms with van der Waals surface area (Å²) in [4.78, 5) is 26.7. The Morgan fingerprint density at radius 2 is 2.05 bits per heavy atom. The minimum atomic E-state index is -0.448. The van der Waals surface area contributed by atoms with Gasteiger partial charge in [-0.3, -0.25) is 9.59 Å². The SMILES string of the molecule is CC(C)(C)C(=O)N1CSCC1C(=O)NC1CCCC1CN. The van der Waals surface area contributed by atoms with E-state index in [1.807, 2.05) is 20.8 Å². The number of nitrogens with one attached hydrogen (secondary N) is 1. The van der Waals surface area contributed by atoms with Crippen LogP contribution in [0, 0.1) is 11.3 Å². The zero-order valence-corrected chi connectivity index (χ0v) is 14.0. The molecule has 0 aromatic heterocycles. The van der Waals surface area contributed by atoms with E-state index in [4.69, 9.17) is 5.73 Å². The van der Waals surface area contributed by atoms with Crippen molar-refractivity contribution in [1.29, 1.82) is 0 Å². The zero-order valence-electron chi connectivity index (χ0n) is 13.2. The Hall–Kier alpha value is -0.750. The highest BCUT2D eigenvalue weighted by molar-refractivity contribution is 7.99. The number of thioether (sulfide) groups is 1. The summed E-state index contributed by atoms with van der Waals surface area (Å²) < 4.78 is 0. The minimum absolute atomic E-state index is 0.0112. The predicted octanol–water partition coefficient (Wildman–Crippen LogP) is 1.18. The van der Waals surface area contributed by atoms with Crippen molar-refractivity contribution in [3.63, 3.8) is 0 Å². The molecule has 0 radical (unpaired) electrons.